The topological polar surface area (TPSA) is 26.0 Å². The van der Waals surface area contributed by atoms with Crippen molar-refractivity contribution >= 4 is 5.69 Å². The zero-order valence-corrected chi connectivity index (χ0v) is 11.0. The van der Waals surface area contributed by atoms with Crippen LogP contribution in [0.25, 0.3) is 11.1 Å². The van der Waals surface area contributed by atoms with Gasteiger partial charge in [0.25, 0.3) is 0 Å². The predicted molar refractivity (Wildman–Crippen MR) is 77.7 cm³/mol. The number of hydrogen-bond acceptors (Lipinski definition) is 1. The molecule has 2 N–H and O–H groups in total. The highest BCUT2D eigenvalue weighted by Crippen LogP contribution is 2.54. The molecule has 0 heterocycles. The van der Waals surface area contributed by atoms with Crippen LogP contribution in [-0.2, 0) is 5.41 Å². The van der Waals surface area contributed by atoms with Gasteiger partial charge in [0, 0.05) is 11.1 Å². The van der Waals surface area contributed by atoms with E-state index in [0.717, 1.165) is 18.5 Å². The zero-order valence-electron chi connectivity index (χ0n) is 11.0. The Kier molecular flexibility index (Phi) is 2.44. The van der Waals surface area contributed by atoms with Gasteiger partial charge < -0.3 is 5.73 Å². The van der Waals surface area contributed by atoms with Crippen LogP contribution in [0.15, 0.2) is 42.5 Å². The maximum absolute atomic E-state index is 6.28. The van der Waals surface area contributed by atoms with Crippen molar-refractivity contribution in [1.82, 2.24) is 0 Å². The molecule has 1 aliphatic rings. The molecule has 0 aromatic heterocycles. The smallest absolute Gasteiger partial charge is 0.0361 e. The Hall–Kier alpha value is -1.76. The van der Waals surface area contributed by atoms with Crippen LogP contribution in [-0.4, -0.2) is 0 Å². The SMILES string of the molecule is CCC1(CC)c2ccccc2-c2cccc(N)c21. The summed E-state index contributed by atoms with van der Waals surface area (Å²) in [5.41, 5.74) is 12.8. The van der Waals surface area contributed by atoms with E-state index < -0.39 is 0 Å². The van der Waals surface area contributed by atoms with Gasteiger partial charge in [-0.05, 0) is 41.2 Å². The molecule has 0 radical (unpaired) electrons. The second kappa shape index (κ2) is 3.88. The molecule has 92 valence electrons. The summed E-state index contributed by atoms with van der Waals surface area (Å²) in [6.07, 6.45) is 2.20. The lowest BCUT2D eigenvalue weighted by Crippen LogP contribution is -2.24. The number of nitrogens with two attached hydrogens (primary N) is 1. The van der Waals surface area contributed by atoms with Crippen molar-refractivity contribution < 1.29 is 0 Å². The normalized spacial score (nSPS) is 15.2. The summed E-state index contributed by atoms with van der Waals surface area (Å²) in [5.74, 6) is 0. The first-order valence-electron chi connectivity index (χ1n) is 6.73. The molecular weight excluding hydrogens is 218 g/mol. The molecule has 0 fully saturated rings. The third-order valence-corrected chi connectivity index (χ3v) is 4.52. The molecule has 2 aromatic rings. The van der Waals surface area contributed by atoms with Crippen molar-refractivity contribution in [2.75, 3.05) is 5.73 Å². The minimum absolute atomic E-state index is 0.108. The number of nitrogen functional groups attached to an aromatic ring is 1. The number of rotatable bonds is 2. The lowest BCUT2D eigenvalue weighted by molar-refractivity contribution is 0.492. The van der Waals surface area contributed by atoms with E-state index in [0.29, 0.717) is 0 Å². The standard InChI is InChI=1S/C17H19N/c1-3-17(4-2)14-10-6-5-8-12(14)13-9-7-11-15(18)16(13)17/h5-11H,3-4,18H2,1-2H3. The van der Waals surface area contributed by atoms with Crippen molar-refractivity contribution in [1.29, 1.82) is 0 Å². The molecule has 1 heteroatoms. The van der Waals surface area contributed by atoms with Crippen molar-refractivity contribution in [3.63, 3.8) is 0 Å². The van der Waals surface area contributed by atoms with E-state index in [1.54, 1.807) is 0 Å². The minimum Gasteiger partial charge on any atom is -0.398 e. The lowest BCUT2D eigenvalue weighted by atomic mass is 9.73. The Bertz CT molecular complexity index is 594. The molecule has 0 saturated carbocycles. The molecule has 2 aromatic carbocycles. The summed E-state index contributed by atoms with van der Waals surface area (Å²) >= 11 is 0. The fourth-order valence-electron chi connectivity index (χ4n) is 3.58. The van der Waals surface area contributed by atoms with E-state index in [-0.39, 0.29) is 5.41 Å². The number of hydrogen-bond donors (Lipinski definition) is 1. The summed E-state index contributed by atoms with van der Waals surface area (Å²) < 4.78 is 0. The highest BCUT2D eigenvalue weighted by Gasteiger charge is 2.41. The average Bonchev–Trinajstić information content (AvgIpc) is 2.71. The summed E-state index contributed by atoms with van der Waals surface area (Å²) in [6.45, 7) is 4.53. The summed E-state index contributed by atoms with van der Waals surface area (Å²) in [7, 11) is 0. The molecule has 1 nitrogen and oxygen atoms in total. The van der Waals surface area contributed by atoms with Crippen LogP contribution in [0.4, 0.5) is 5.69 Å². The molecule has 0 bridgehead atoms. The fraction of sp³-hybridized carbons (Fsp3) is 0.294. The molecule has 0 unspecified atom stereocenters. The monoisotopic (exact) mass is 237 g/mol. The molecule has 0 spiro atoms. The first-order chi connectivity index (χ1) is 8.74. The van der Waals surface area contributed by atoms with E-state index in [9.17, 15) is 0 Å². The van der Waals surface area contributed by atoms with Crippen LogP contribution in [0, 0.1) is 0 Å². The third-order valence-electron chi connectivity index (χ3n) is 4.52. The van der Waals surface area contributed by atoms with Crippen molar-refractivity contribution in [2.45, 2.75) is 32.1 Å². The average molecular weight is 237 g/mol. The fourth-order valence-corrected chi connectivity index (χ4v) is 3.58. The number of fused-ring (bicyclic) bond motifs is 3. The van der Waals surface area contributed by atoms with E-state index in [2.05, 4.69) is 50.2 Å². The Morgan fingerprint density at radius 2 is 1.56 bits per heavy atom. The molecule has 0 saturated heterocycles. The van der Waals surface area contributed by atoms with Gasteiger partial charge in [0.2, 0.25) is 0 Å². The van der Waals surface area contributed by atoms with E-state index in [1.807, 2.05) is 6.07 Å². The minimum atomic E-state index is 0.108. The van der Waals surface area contributed by atoms with Crippen LogP contribution in [0.2, 0.25) is 0 Å². The Balaban J connectivity index is 2.42. The molecule has 1 aliphatic carbocycles. The molecule has 3 rings (SSSR count). The van der Waals surface area contributed by atoms with Crippen molar-refractivity contribution in [3.8, 4) is 11.1 Å². The second-order valence-corrected chi connectivity index (χ2v) is 5.10. The Morgan fingerprint density at radius 3 is 2.28 bits per heavy atom. The van der Waals surface area contributed by atoms with Gasteiger partial charge in [-0.1, -0.05) is 50.2 Å². The molecule has 0 atom stereocenters. The van der Waals surface area contributed by atoms with Gasteiger partial charge >= 0.3 is 0 Å². The van der Waals surface area contributed by atoms with Crippen LogP contribution < -0.4 is 5.73 Å². The van der Waals surface area contributed by atoms with Crippen molar-refractivity contribution in [3.05, 3.63) is 53.6 Å². The highest BCUT2D eigenvalue weighted by molar-refractivity contribution is 5.85. The van der Waals surface area contributed by atoms with Gasteiger partial charge in [0.1, 0.15) is 0 Å². The maximum Gasteiger partial charge on any atom is 0.0361 e. The second-order valence-electron chi connectivity index (χ2n) is 5.10. The summed E-state index contributed by atoms with van der Waals surface area (Å²) in [5, 5.41) is 0. The van der Waals surface area contributed by atoms with Gasteiger partial charge in [-0.25, -0.2) is 0 Å². The van der Waals surface area contributed by atoms with Gasteiger partial charge in [0.05, 0.1) is 0 Å². The van der Waals surface area contributed by atoms with Crippen molar-refractivity contribution in [2.24, 2.45) is 0 Å². The third kappa shape index (κ3) is 1.22. The first kappa shape index (κ1) is 11.3. The maximum atomic E-state index is 6.28. The van der Waals surface area contributed by atoms with Gasteiger partial charge in [-0.15, -0.1) is 0 Å². The molecule has 18 heavy (non-hydrogen) atoms. The van der Waals surface area contributed by atoms with Gasteiger partial charge in [-0.2, -0.15) is 0 Å². The predicted octanol–water partition coefficient (Wildman–Crippen LogP) is 4.36. The van der Waals surface area contributed by atoms with Crippen LogP contribution >= 0.6 is 0 Å². The quantitative estimate of drug-likeness (QED) is 0.772. The molecular formula is C17H19N. The first-order valence-corrected chi connectivity index (χ1v) is 6.73. The summed E-state index contributed by atoms with van der Waals surface area (Å²) in [4.78, 5) is 0. The van der Waals surface area contributed by atoms with Gasteiger partial charge in [0.15, 0.2) is 0 Å². The van der Waals surface area contributed by atoms with Crippen LogP contribution in [0.5, 0.6) is 0 Å². The van der Waals surface area contributed by atoms with E-state index >= 15 is 0 Å². The van der Waals surface area contributed by atoms with Gasteiger partial charge in [-0.3, -0.25) is 0 Å². The van der Waals surface area contributed by atoms with E-state index in [1.165, 1.54) is 22.3 Å². The molecule has 0 amide bonds. The highest BCUT2D eigenvalue weighted by atomic mass is 14.6. The van der Waals surface area contributed by atoms with Crippen LogP contribution in [0.3, 0.4) is 0 Å². The van der Waals surface area contributed by atoms with E-state index in [4.69, 9.17) is 5.73 Å². The zero-order chi connectivity index (χ0) is 12.8. The summed E-state index contributed by atoms with van der Waals surface area (Å²) in [6, 6.07) is 15.0. The number of anilines is 1. The lowest BCUT2D eigenvalue weighted by Gasteiger charge is -2.30. The van der Waals surface area contributed by atoms with Crippen LogP contribution in [0.1, 0.15) is 37.8 Å². The molecule has 0 aliphatic heterocycles. The number of benzene rings is 2. The Labute approximate surface area is 109 Å². The Morgan fingerprint density at radius 1 is 0.889 bits per heavy atom. The largest absolute Gasteiger partial charge is 0.398 e.